The van der Waals surface area contributed by atoms with Crippen LogP contribution in [0, 0.1) is 0 Å². The van der Waals surface area contributed by atoms with Gasteiger partial charge in [0.1, 0.15) is 0 Å². The Labute approximate surface area is 207 Å². The Morgan fingerprint density at radius 2 is 0.438 bits per heavy atom. The third-order valence-corrected chi connectivity index (χ3v) is 12.8. The lowest BCUT2D eigenvalue weighted by molar-refractivity contribution is 0.613. The van der Waals surface area contributed by atoms with E-state index in [1.807, 2.05) is 0 Å². The SMILES string of the molecule is CCCCCCCC[P+](CCCCCCC)(CCCCCCCC)CCCCCCCC. The van der Waals surface area contributed by atoms with E-state index in [1.54, 1.807) is 50.3 Å². The summed E-state index contributed by atoms with van der Waals surface area (Å²) in [6.07, 6.45) is 40.6. The minimum absolute atomic E-state index is 0.712. The summed E-state index contributed by atoms with van der Waals surface area (Å²) in [5, 5.41) is 0. The van der Waals surface area contributed by atoms with Crippen LogP contribution in [0.2, 0.25) is 0 Å². The average Bonchev–Trinajstić information content (AvgIpc) is 2.80. The van der Waals surface area contributed by atoms with E-state index in [-0.39, 0.29) is 0 Å². The van der Waals surface area contributed by atoms with E-state index in [0.717, 1.165) is 0 Å². The van der Waals surface area contributed by atoms with Crippen molar-refractivity contribution < 1.29 is 0 Å². The quantitative estimate of drug-likeness (QED) is 0.0828. The predicted molar refractivity (Wildman–Crippen MR) is 155 cm³/mol. The van der Waals surface area contributed by atoms with E-state index in [4.69, 9.17) is 0 Å². The van der Waals surface area contributed by atoms with Crippen LogP contribution in [0.1, 0.15) is 175 Å². The molecule has 0 aromatic rings. The van der Waals surface area contributed by atoms with E-state index in [9.17, 15) is 0 Å². The van der Waals surface area contributed by atoms with Gasteiger partial charge in [0.05, 0.1) is 24.6 Å². The molecule has 194 valence electrons. The van der Waals surface area contributed by atoms with Gasteiger partial charge >= 0.3 is 0 Å². The summed E-state index contributed by atoms with van der Waals surface area (Å²) in [6.45, 7) is 9.38. The molecule has 0 unspecified atom stereocenters. The molecule has 0 saturated heterocycles. The number of rotatable bonds is 27. The van der Waals surface area contributed by atoms with Gasteiger partial charge in [0.15, 0.2) is 0 Å². The van der Waals surface area contributed by atoms with Gasteiger partial charge in [-0.15, -0.1) is 0 Å². The Bertz CT molecular complexity index is 297. The van der Waals surface area contributed by atoms with Gasteiger partial charge in [0.2, 0.25) is 0 Å². The van der Waals surface area contributed by atoms with Gasteiger partial charge in [0.25, 0.3) is 0 Å². The van der Waals surface area contributed by atoms with Gasteiger partial charge in [-0.25, -0.2) is 0 Å². The summed E-state index contributed by atoms with van der Waals surface area (Å²) in [6, 6.07) is 0. The molecule has 0 bridgehead atoms. The Hall–Kier alpha value is 0.430. The molecule has 0 N–H and O–H groups in total. The van der Waals surface area contributed by atoms with E-state index in [1.165, 1.54) is 122 Å². The molecule has 32 heavy (non-hydrogen) atoms. The largest absolute Gasteiger partial charge is 0.0654 e. The first kappa shape index (κ1) is 32.4. The second kappa shape index (κ2) is 26.0. The molecule has 0 amide bonds. The Kier molecular flexibility index (Phi) is 26.4. The minimum atomic E-state index is -0.712. The summed E-state index contributed by atoms with van der Waals surface area (Å²) in [5.41, 5.74) is 0. The molecule has 0 aromatic heterocycles. The van der Waals surface area contributed by atoms with Crippen molar-refractivity contribution in [1.82, 2.24) is 0 Å². The third-order valence-electron chi connectivity index (χ3n) is 7.69. The monoisotopic (exact) mass is 469 g/mol. The Morgan fingerprint density at radius 1 is 0.250 bits per heavy atom. The molecular weight excluding hydrogens is 403 g/mol. The van der Waals surface area contributed by atoms with Crippen LogP contribution in [-0.2, 0) is 0 Å². The van der Waals surface area contributed by atoms with Crippen molar-refractivity contribution in [3.05, 3.63) is 0 Å². The smallest absolute Gasteiger partial charge is 0.0594 e. The van der Waals surface area contributed by atoms with Gasteiger partial charge < -0.3 is 0 Å². The maximum absolute atomic E-state index is 2.35. The summed E-state index contributed by atoms with van der Waals surface area (Å²) in [5.74, 6) is 0. The number of hydrogen-bond donors (Lipinski definition) is 0. The highest BCUT2D eigenvalue weighted by Crippen LogP contribution is 2.61. The second-order valence-electron chi connectivity index (χ2n) is 11.0. The van der Waals surface area contributed by atoms with Gasteiger partial charge in [-0.2, -0.15) is 0 Å². The molecule has 0 aromatic carbocycles. The van der Waals surface area contributed by atoms with Crippen molar-refractivity contribution in [1.29, 1.82) is 0 Å². The summed E-state index contributed by atoms with van der Waals surface area (Å²) in [7, 11) is -0.712. The molecule has 0 fully saturated rings. The van der Waals surface area contributed by atoms with Crippen LogP contribution in [-0.4, -0.2) is 24.6 Å². The molecule has 0 saturated carbocycles. The van der Waals surface area contributed by atoms with E-state index in [2.05, 4.69) is 27.7 Å². The third kappa shape index (κ3) is 21.0. The Morgan fingerprint density at radius 3 is 0.656 bits per heavy atom. The zero-order chi connectivity index (χ0) is 23.6. The minimum Gasteiger partial charge on any atom is -0.0654 e. The molecule has 0 nitrogen and oxygen atoms in total. The molecule has 0 atom stereocenters. The summed E-state index contributed by atoms with van der Waals surface area (Å²) in [4.78, 5) is 0. The van der Waals surface area contributed by atoms with Crippen molar-refractivity contribution in [3.63, 3.8) is 0 Å². The van der Waals surface area contributed by atoms with E-state index < -0.39 is 7.26 Å². The molecule has 0 radical (unpaired) electrons. The van der Waals surface area contributed by atoms with Crippen LogP contribution in [0.25, 0.3) is 0 Å². The van der Waals surface area contributed by atoms with Gasteiger partial charge in [-0.05, 0) is 51.4 Å². The fraction of sp³-hybridized carbons (Fsp3) is 1.00. The fourth-order valence-electron chi connectivity index (χ4n) is 5.40. The van der Waals surface area contributed by atoms with Gasteiger partial charge in [0, 0.05) is 7.26 Å². The van der Waals surface area contributed by atoms with Crippen LogP contribution in [0.3, 0.4) is 0 Å². The van der Waals surface area contributed by atoms with Gasteiger partial charge in [-0.1, -0.05) is 124 Å². The topological polar surface area (TPSA) is 0 Å². The van der Waals surface area contributed by atoms with Crippen LogP contribution in [0.15, 0.2) is 0 Å². The molecular formula is C31H66P+. The first-order valence-electron chi connectivity index (χ1n) is 15.6. The number of unbranched alkanes of at least 4 members (excludes halogenated alkanes) is 19. The average molecular weight is 470 g/mol. The lowest BCUT2D eigenvalue weighted by Crippen LogP contribution is -2.13. The maximum Gasteiger partial charge on any atom is 0.0594 e. The zero-order valence-electron chi connectivity index (χ0n) is 23.5. The first-order valence-corrected chi connectivity index (χ1v) is 18.1. The predicted octanol–water partition coefficient (Wildman–Crippen LogP) is 12.1. The molecule has 0 aliphatic carbocycles. The van der Waals surface area contributed by atoms with Crippen molar-refractivity contribution >= 4 is 7.26 Å². The molecule has 0 heterocycles. The molecule has 1 heteroatoms. The zero-order valence-corrected chi connectivity index (χ0v) is 24.4. The summed E-state index contributed by atoms with van der Waals surface area (Å²) < 4.78 is 0. The lowest BCUT2D eigenvalue weighted by Gasteiger charge is -2.28. The van der Waals surface area contributed by atoms with Crippen LogP contribution < -0.4 is 0 Å². The standard InChI is InChI=1S/C31H66P/c1-5-9-13-17-21-25-29-32(28-24-20-16-12-8-4,30-26-22-18-14-10-6-2)31-27-23-19-15-11-7-3/h5-31H2,1-4H3/q+1. The van der Waals surface area contributed by atoms with E-state index >= 15 is 0 Å². The van der Waals surface area contributed by atoms with Gasteiger partial charge in [-0.3, -0.25) is 0 Å². The fourth-order valence-corrected chi connectivity index (χ4v) is 10.3. The van der Waals surface area contributed by atoms with Crippen molar-refractivity contribution in [2.75, 3.05) is 24.6 Å². The highest BCUT2D eigenvalue weighted by molar-refractivity contribution is 7.75. The molecule has 0 aliphatic heterocycles. The second-order valence-corrected chi connectivity index (χ2v) is 15.4. The highest BCUT2D eigenvalue weighted by Gasteiger charge is 2.34. The first-order chi connectivity index (χ1) is 15.7. The Balaban J connectivity index is 4.72. The van der Waals surface area contributed by atoms with Crippen LogP contribution in [0.5, 0.6) is 0 Å². The maximum atomic E-state index is 2.35. The van der Waals surface area contributed by atoms with E-state index in [0.29, 0.717) is 0 Å². The number of hydrogen-bond acceptors (Lipinski definition) is 0. The van der Waals surface area contributed by atoms with Crippen molar-refractivity contribution in [2.24, 2.45) is 0 Å². The summed E-state index contributed by atoms with van der Waals surface area (Å²) >= 11 is 0. The molecule has 0 aliphatic rings. The normalized spacial score (nSPS) is 12.0. The molecule has 0 rings (SSSR count). The van der Waals surface area contributed by atoms with Crippen molar-refractivity contribution in [2.45, 2.75) is 175 Å². The highest BCUT2D eigenvalue weighted by atomic mass is 31.2. The van der Waals surface area contributed by atoms with Crippen LogP contribution >= 0.6 is 7.26 Å². The van der Waals surface area contributed by atoms with Crippen molar-refractivity contribution in [3.8, 4) is 0 Å². The van der Waals surface area contributed by atoms with Crippen LogP contribution in [0.4, 0.5) is 0 Å². The molecule has 0 spiro atoms. The lowest BCUT2D eigenvalue weighted by atomic mass is 10.1.